The summed E-state index contributed by atoms with van der Waals surface area (Å²) in [6, 6.07) is 10.5. The molecular weight excluding hydrogens is 346 g/mol. The Morgan fingerprint density at radius 1 is 1.07 bits per heavy atom. The molecule has 0 spiro atoms. The summed E-state index contributed by atoms with van der Waals surface area (Å²) in [6.07, 6.45) is 0.844. The molecule has 0 saturated carbocycles. The van der Waals surface area contributed by atoms with Crippen LogP contribution >= 0.6 is 0 Å². The van der Waals surface area contributed by atoms with E-state index in [4.69, 9.17) is 15.2 Å². The quantitative estimate of drug-likeness (QED) is 0.810. The van der Waals surface area contributed by atoms with Gasteiger partial charge in [-0.15, -0.1) is 0 Å². The van der Waals surface area contributed by atoms with Crippen molar-refractivity contribution in [2.75, 3.05) is 32.6 Å². The summed E-state index contributed by atoms with van der Waals surface area (Å²) in [6.45, 7) is 1.74. The number of carbonyl (C=O) groups excluding carboxylic acids is 2. The first-order valence-corrected chi connectivity index (χ1v) is 8.66. The molecule has 0 aromatic heterocycles. The van der Waals surface area contributed by atoms with Crippen LogP contribution in [0.15, 0.2) is 36.4 Å². The van der Waals surface area contributed by atoms with Gasteiger partial charge in [0.2, 0.25) is 11.8 Å². The number of amides is 2. The zero-order valence-corrected chi connectivity index (χ0v) is 15.5. The number of methoxy groups -OCH3 is 2. The van der Waals surface area contributed by atoms with Gasteiger partial charge in [-0.3, -0.25) is 14.5 Å². The molecule has 0 radical (unpaired) electrons. The first-order valence-electron chi connectivity index (χ1n) is 8.66. The van der Waals surface area contributed by atoms with Crippen molar-refractivity contribution in [2.24, 2.45) is 5.73 Å². The number of fused-ring (bicyclic) bond motifs is 1. The highest BCUT2D eigenvalue weighted by atomic mass is 16.5. The zero-order chi connectivity index (χ0) is 19.4. The monoisotopic (exact) mass is 369 g/mol. The lowest BCUT2D eigenvalue weighted by Crippen LogP contribution is -2.37. The van der Waals surface area contributed by atoms with Gasteiger partial charge in [0, 0.05) is 24.3 Å². The van der Waals surface area contributed by atoms with Crippen molar-refractivity contribution in [1.82, 2.24) is 4.90 Å². The van der Waals surface area contributed by atoms with E-state index in [-0.39, 0.29) is 12.5 Å². The second kappa shape index (κ2) is 8.09. The average molecular weight is 369 g/mol. The molecule has 3 N–H and O–H groups in total. The number of ether oxygens (including phenoxy) is 2. The van der Waals surface area contributed by atoms with Gasteiger partial charge < -0.3 is 20.5 Å². The van der Waals surface area contributed by atoms with Crippen molar-refractivity contribution in [1.29, 1.82) is 0 Å². The van der Waals surface area contributed by atoms with Crippen LogP contribution in [-0.2, 0) is 17.8 Å². The summed E-state index contributed by atoms with van der Waals surface area (Å²) in [7, 11) is 3.24. The lowest BCUT2D eigenvalue weighted by molar-refractivity contribution is -0.117. The fourth-order valence-corrected chi connectivity index (χ4v) is 3.20. The predicted octanol–water partition coefficient (Wildman–Crippen LogP) is 1.80. The molecule has 0 atom stereocenters. The number of nitrogens with two attached hydrogens (primary N) is 1. The molecule has 1 aliphatic heterocycles. The number of hydrogen-bond donors (Lipinski definition) is 2. The fraction of sp³-hybridized carbons (Fsp3) is 0.300. The SMILES string of the molecule is COc1cc2c(cc1OC)CN(CC(=O)Nc1ccc(C(N)=O)cc1)CC2. The standard InChI is InChI=1S/C20H23N3O4/c1-26-17-9-14-7-8-23(11-15(14)10-18(17)27-2)12-19(24)22-16-5-3-13(4-6-16)20(21)25/h3-6,9-10H,7-8,11-12H2,1-2H3,(H2,21,25)(H,22,24). The third-order valence-corrected chi connectivity index (χ3v) is 4.62. The van der Waals surface area contributed by atoms with Crippen molar-refractivity contribution in [3.8, 4) is 11.5 Å². The molecule has 3 rings (SSSR count). The van der Waals surface area contributed by atoms with Crippen LogP contribution in [0.1, 0.15) is 21.5 Å². The van der Waals surface area contributed by atoms with Crippen LogP contribution in [0.5, 0.6) is 11.5 Å². The number of primary amides is 1. The lowest BCUT2D eigenvalue weighted by atomic mass is 9.99. The Kier molecular flexibility index (Phi) is 5.61. The number of benzene rings is 2. The molecule has 0 fully saturated rings. The molecule has 2 amide bonds. The smallest absolute Gasteiger partial charge is 0.248 e. The molecule has 0 bridgehead atoms. The number of carbonyl (C=O) groups is 2. The Labute approximate surface area is 158 Å². The minimum Gasteiger partial charge on any atom is -0.493 e. The molecule has 27 heavy (non-hydrogen) atoms. The highest BCUT2D eigenvalue weighted by Crippen LogP contribution is 2.33. The maximum absolute atomic E-state index is 12.3. The Hall–Kier alpha value is -3.06. The second-order valence-corrected chi connectivity index (χ2v) is 6.43. The summed E-state index contributed by atoms with van der Waals surface area (Å²) in [5, 5.41) is 2.84. The molecule has 0 unspecified atom stereocenters. The van der Waals surface area contributed by atoms with Crippen LogP contribution in [0, 0.1) is 0 Å². The third-order valence-electron chi connectivity index (χ3n) is 4.62. The van der Waals surface area contributed by atoms with E-state index in [2.05, 4.69) is 10.2 Å². The molecule has 142 valence electrons. The van der Waals surface area contributed by atoms with Crippen molar-refractivity contribution in [3.05, 3.63) is 53.1 Å². The van der Waals surface area contributed by atoms with Crippen LogP contribution < -0.4 is 20.5 Å². The largest absolute Gasteiger partial charge is 0.493 e. The van der Waals surface area contributed by atoms with Crippen LogP contribution in [0.25, 0.3) is 0 Å². The van der Waals surface area contributed by atoms with E-state index in [9.17, 15) is 9.59 Å². The molecule has 1 aliphatic rings. The van der Waals surface area contributed by atoms with Crippen molar-refractivity contribution >= 4 is 17.5 Å². The molecule has 1 heterocycles. The molecule has 7 nitrogen and oxygen atoms in total. The van der Waals surface area contributed by atoms with Crippen LogP contribution in [0.3, 0.4) is 0 Å². The molecule has 2 aromatic rings. The summed E-state index contributed by atoms with van der Waals surface area (Å²) in [5.74, 6) is 0.816. The van der Waals surface area contributed by atoms with Gasteiger partial charge in [0.1, 0.15) is 0 Å². The minimum absolute atomic E-state index is 0.106. The number of rotatable bonds is 6. The van der Waals surface area contributed by atoms with E-state index in [1.807, 2.05) is 12.1 Å². The first kappa shape index (κ1) is 18.7. The highest BCUT2D eigenvalue weighted by molar-refractivity contribution is 5.95. The third kappa shape index (κ3) is 4.38. The Balaban J connectivity index is 1.62. The van der Waals surface area contributed by atoms with E-state index in [1.165, 1.54) is 5.56 Å². The molecule has 0 aliphatic carbocycles. The zero-order valence-electron chi connectivity index (χ0n) is 15.5. The van der Waals surface area contributed by atoms with E-state index < -0.39 is 5.91 Å². The number of nitrogens with zero attached hydrogens (tertiary/aromatic N) is 1. The molecule has 0 saturated heterocycles. The van der Waals surface area contributed by atoms with Crippen molar-refractivity contribution < 1.29 is 19.1 Å². The summed E-state index contributed by atoms with van der Waals surface area (Å²) >= 11 is 0. The second-order valence-electron chi connectivity index (χ2n) is 6.43. The minimum atomic E-state index is -0.494. The number of anilines is 1. The maximum Gasteiger partial charge on any atom is 0.248 e. The maximum atomic E-state index is 12.3. The Morgan fingerprint density at radius 3 is 2.30 bits per heavy atom. The van der Waals surface area contributed by atoms with Gasteiger partial charge in [-0.05, 0) is 53.9 Å². The number of hydrogen-bond acceptors (Lipinski definition) is 5. The molecule has 2 aromatic carbocycles. The fourth-order valence-electron chi connectivity index (χ4n) is 3.20. The molecule has 7 heteroatoms. The van der Waals surface area contributed by atoms with Crippen LogP contribution in [0.2, 0.25) is 0 Å². The van der Waals surface area contributed by atoms with Gasteiger partial charge in [0.15, 0.2) is 11.5 Å². The van der Waals surface area contributed by atoms with Gasteiger partial charge in [0.05, 0.1) is 20.8 Å². The Bertz CT molecular complexity index is 849. The first-order chi connectivity index (χ1) is 13.0. The van der Waals surface area contributed by atoms with E-state index >= 15 is 0 Å². The van der Waals surface area contributed by atoms with Crippen molar-refractivity contribution in [2.45, 2.75) is 13.0 Å². The van der Waals surface area contributed by atoms with E-state index in [0.29, 0.717) is 23.5 Å². The number of nitrogens with one attached hydrogen (secondary N) is 1. The highest BCUT2D eigenvalue weighted by Gasteiger charge is 2.21. The lowest BCUT2D eigenvalue weighted by Gasteiger charge is -2.29. The van der Waals surface area contributed by atoms with Crippen LogP contribution in [-0.4, -0.2) is 44.0 Å². The van der Waals surface area contributed by atoms with Gasteiger partial charge >= 0.3 is 0 Å². The van der Waals surface area contributed by atoms with Gasteiger partial charge in [-0.2, -0.15) is 0 Å². The average Bonchev–Trinajstić information content (AvgIpc) is 2.67. The molecular formula is C20H23N3O4. The van der Waals surface area contributed by atoms with E-state index in [1.54, 1.807) is 38.5 Å². The normalized spacial score (nSPS) is 13.6. The van der Waals surface area contributed by atoms with E-state index in [0.717, 1.165) is 24.3 Å². The topological polar surface area (TPSA) is 93.9 Å². The summed E-state index contributed by atoms with van der Waals surface area (Å²) in [5.41, 5.74) is 8.61. The predicted molar refractivity (Wildman–Crippen MR) is 102 cm³/mol. The summed E-state index contributed by atoms with van der Waals surface area (Å²) < 4.78 is 10.7. The van der Waals surface area contributed by atoms with Crippen molar-refractivity contribution in [3.63, 3.8) is 0 Å². The van der Waals surface area contributed by atoms with Gasteiger partial charge in [-0.25, -0.2) is 0 Å². The van der Waals surface area contributed by atoms with Gasteiger partial charge in [0.25, 0.3) is 0 Å². The Morgan fingerprint density at radius 2 is 1.70 bits per heavy atom. The summed E-state index contributed by atoms with van der Waals surface area (Å²) in [4.78, 5) is 25.5. The van der Waals surface area contributed by atoms with Crippen LogP contribution in [0.4, 0.5) is 5.69 Å². The van der Waals surface area contributed by atoms with Gasteiger partial charge in [-0.1, -0.05) is 0 Å².